The summed E-state index contributed by atoms with van der Waals surface area (Å²) < 4.78 is 32.2. The number of rotatable bonds is 6. The van der Waals surface area contributed by atoms with Gasteiger partial charge in [0, 0.05) is 0 Å². The minimum atomic E-state index is -3.74. The maximum atomic E-state index is 12.3. The summed E-state index contributed by atoms with van der Waals surface area (Å²) in [6.45, 7) is 1.70. The average Bonchev–Trinajstić information content (AvgIpc) is 2.97. The van der Waals surface area contributed by atoms with E-state index in [2.05, 4.69) is 4.72 Å². The molecule has 1 N–H and O–H groups in total. The van der Waals surface area contributed by atoms with Gasteiger partial charge in [-0.15, -0.1) is 0 Å². The van der Waals surface area contributed by atoms with E-state index >= 15 is 0 Å². The van der Waals surface area contributed by atoms with Gasteiger partial charge in [-0.25, -0.2) is 13.1 Å². The molecule has 7 heteroatoms. The molecule has 1 aromatic heterocycles. The molecule has 2 aromatic rings. The standard InChI is InChI=1S/C15H15NO5S/c1-11-4-5-12(6-7-15(17)18)9-14(11)22(19,20)16-10-13-3-2-8-21-13/h2-9,16H,10H2,1H3,(H,17,18)/p-1. The first-order valence-electron chi connectivity index (χ1n) is 6.40. The van der Waals surface area contributed by atoms with Crippen LogP contribution in [0.1, 0.15) is 16.9 Å². The van der Waals surface area contributed by atoms with Crippen molar-refractivity contribution < 1.29 is 22.7 Å². The average molecular weight is 320 g/mol. The Kier molecular flexibility index (Phi) is 4.79. The van der Waals surface area contributed by atoms with Crippen molar-refractivity contribution in [3.63, 3.8) is 0 Å². The molecule has 1 heterocycles. The molecule has 6 nitrogen and oxygen atoms in total. The number of hydrogen-bond acceptors (Lipinski definition) is 5. The third-order valence-electron chi connectivity index (χ3n) is 2.93. The number of aliphatic carboxylic acids is 1. The van der Waals surface area contributed by atoms with Gasteiger partial charge >= 0.3 is 0 Å². The van der Waals surface area contributed by atoms with E-state index in [0.29, 0.717) is 16.9 Å². The molecule has 0 aliphatic heterocycles. The van der Waals surface area contributed by atoms with Crippen LogP contribution in [0.2, 0.25) is 0 Å². The molecule has 22 heavy (non-hydrogen) atoms. The smallest absolute Gasteiger partial charge is 0.241 e. The lowest BCUT2D eigenvalue weighted by molar-refractivity contribution is -0.297. The Morgan fingerprint density at radius 3 is 2.77 bits per heavy atom. The van der Waals surface area contributed by atoms with Crippen LogP contribution in [-0.4, -0.2) is 14.4 Å². The first-order chi connectivity index (χ1) is 10.4. The molecule has 0 aliphatic carbocycles. The van der Waals surface area contributed by atoms with E-state index in [9.17, 15) is 18.3 Å². The summed E-state index contributed by atoms with van der Waals surface area (Å²) in [7, 11) is -3.74. The normalized spacial score (nSPS) is 11.9. The largest absolute Gasteiger partial charge is 0.545 e. The van der Waals surface area contributed by atoms with Crippen molar-refractivity contribution >= 4 is 22.1 Å². The van der Waals surface area contributed by atoms with Gasteiger partial charge in [0.05, 0.1) is 23.7 Å². The second-order valence-corrected chi connectivity index (χ2v) is 6.32. The lowest BCUT2D eigenvalue weighted by atomic mass is 10.1. The predicted octanol–water partition coefficient (Wildman–Crippen LogP) is 0.830. The van der Waals surface area contributed by atoms with Crippen LogP contribution < -0.4 is 9.83 Å². The van der Waals surface area contributed by atoms with Crippen LogP contribution in [0.4, 0.5) is 0 Å². The number of hydrogen-bond donors (Lipinski definition) is 1. The third-order valence-corrected chi connectivity index (χ3v) is 4.47. The van der Waals surface area contributed by atoms with E-state index in [0.717, 1.165) is 6.08 Å². The van der Waals surface area contributed by atoms with Crippen LogP contribution in [-0.2, 0) is 21.4 Å². The van der Waals surface area contributed by atoms with Crippen molar-refractivity contribution in [2.75, 3.05) is 0 Å². The lowest BCUT2D eigenvalue weighted by Gasteiger charge is -2.09. The number of carboxylic acid groups (broad SMARTS) is 1. The highest BCUT2D eigenvalue weighted by Gasteiger charge is 2.17. The molecule has 0 radical (unpaired) electrons. The minimum Gasteiger partial charge on any atom is -0.545 e. The van der Waals surface area contributed by atoms with E-state index < -0.39 is 16.0 Å². The van der Waals surface area contributed by atoms with E-state index in [1.54, 1.807) is 31.2 Å². The van der Waals surface area contributed by atoms with Crippen molar-refractivity contribution in [2.24, 2.45) is 0 Å². The molecule has 0 amide bonds. The van der Waals surface area contributed by atoms with Gasteiger partial charge in [0.25, 0.3) is 0 Å². The minimum absolute atomic E-state index is 0.0356. The third kappa shape index (κ3) is 4.06. The maximum Gasteiger partial charge on any atom is 0.241 e. The molecular formula is C15H14NO5S-. The van der Waals surface area contributed by atoms with Crippen molar-refractivity contribution in [3.05, 3.63) is 59.6 Å². The number of carbonyl (C=O) groups excluding carboxylic acids is 1. The highest BCUT2D eigenvalue weighted by atomic mass is 32.2. The summed E-state index contributed by atoms with van der Waals surface area (Å²) in [5, 5.41) is 10.4. The lowest BCUT2D eigenvalue weighted by Crippen LogP contribution is -2.23. The fourth-order valence-corrected chi connectivity index (χ4v) is 3.10. The number of carboxylic acids is 1. The van der Waals surface area contributed by atoms with Crippen LogP contribution in [0.25, 0.3) is 6.08 Å². The topological polar surface area (TPSA) is 99.4 Å². The van der Waals surface area contributed by atoms with E-state index in [1.165, 1.54) is 18.4 Å². The van der Waals surface area contributed by atoms with Crippen molar-refractivity contribution in [1.82, 2.24) is 4.72 Å². The first kappa shape index (κ1) is 16.0. The molecule has 116 valence electrons. The molecule has 0 spiro atoms. The summed E-state index contributed by atoms with van der Waals surface area (Å²) in [4.78, 5) is 10.5. The van der Waals surface area contributed by atoms with Gasteiger partial charge in [-0.2, -0.15) is 0 Å². The van der Waals surface area contributed by atoms with E-state index in [-0.39, 0.29) is 11.4 Å². The summed E-state index contributed by atoms with van der Waals surface area (Å²) in [6.07, 6.45) is 3.58. The number of aryl methyl sites for hydroxylation is 1. The quantitative estimate of drug-likeness (QED) is 0.795. The highest BCUT2D eigenvalue weighted by Crippen LogP contribution is 2.18. The van der Waals surface area contributed by atoms with Crippen LogP contribution in [0.5, 0.6) is 0 Å². The van der Waals surface area contributed by atoms with Crippen molar-refractivity contribution in [1.29, 1.82) is 0 Å². The zero-order chi connectivity index (χ0) is 16.2. The Bertz CT molecular complexity index is 791. The van der Waals surface area contributed by atoms with Gasteiger partial charge < -0.3 is 14.3 Å². The predicted molar refractivity (Wildman–Crippen MR) is 78.0 cm³/mol. The number of sulfonamides is 1. The summed E-state index contributed by atoms with van der Waals surface area (Å²) >= 11 is 0. The van der Waals surface area contributed by atoms with Crippen LogP contribution >= 0.6 is 0 Å². The zero-order valence-electron chi connectivity index (χ0n) is 11.8. The number of benzene rings is 1. The van der Waals surface area contributed by atoms with Gasteiger partial charge in [-0.3, -0.25) is 0 Å². The highest BCUT2D eigenvalue weighted by molar-refractivity contribution is 7.89. The molecule has 0 atom stereocenters. The molecule has 0 bridgehead atoms. The fraction of sp³-hybridized carbons (Fsp3) is 0.133. The monoisotopic (exact) mass is 320 g/mol. The van der Waals surface area contributed by atoms with Crippen LogP contribution in [0.15, 0.2) is 52.0 Å². The SMILES string of the molecule is Cc1ccc(C=CC(=O)[O-])cc1S(=O)(=O)NCc1ccco1. The first-order valence-corrected chi connectivity index (χ1v) is 7.88. The van der Waals surface area contributed by atoms with Gasteiger partial charge in [0.2, 0.25) is 10.0 Å². The second kappa shape index (κ2) is 6.59. The Labute approximate surface area is 128 Å². The van der Waals surface area contributed by atoms with Crippen LogP contribution in [0.3, 0.4) is 0 Å². The number of nitrogens with one attached hydrogen (secondary N) is 1. The summed E-state index contributed by atoms with van der Waals surface area (Å²) in [5.74, 6) is -0.852. The number of carbonyl (C=O) groups is 1. The van der Waals surface area contributed by atoms with Gasteiger partial charge in [-0.1, -0.05) is 18.2 Å². The molecular weight excluding hydrogens is 306 g/mol. The number of furan rings is 1. The maximum absolute atomic E-state index is 12.3. The molecule has 2 rings (SSSR count). The molecule has 0 fully saturated rings. The van der Waals surface area contributed by atoms with Gasteiger partial charge in [-0.05, 0) is 42.3 Å². The van der Waals surface area contributed by atoms with Crippen LogP contribution in [0, 0.1) is 6.92 Å². The molecule has 0 aliphatic rings. The van der Waals surface area contributed by atoms with E-state index in [4.69, 9.17) is 4.42 Å². The van der Waals surface area contributed by atoms with E-state index in [1.807, 2.05) is 0 Å². The fourth-order valence-electron chi connectivity index (χ4n) is 1.83. The Morgan fingerprint density at radius 2 is 2.14 bits per heavy atom. The molecule has 1 aromatic carbocycles. The van der Waals surface area contributed by atoms with Crippen molar-refractivity contribution in [2.45, 2.75) is 18.4 Å². The molecule has 0 saturated heterocycles. The summed E-state index contributed by atoms with van der Waals surface area (Å²) in [5.41, 5.74) is 1.01. The molecule has 0 saturated carbocycles. The Hall–Kier alpha value is -2.38. The van der Waals surface area contributed by atoms with Gasteiger partial charge in [0.15, 0.2) is 0 Å². The Balaban J connectivity index is 2.25. The summed E-state index contributed by atoms with van der Waals surface area (Å²) in [6, 6.07) is 7.96. The van der Waals surface area contributed by atoms with Crippen molar-refractivity contribution in [3.8, 4) is 0 Å². The zero-order valence-corrected chi connectivity index (χ0v) is 12.6. The van der Waals surface area contributed by atoms with Gasteiger partial charge in [0.1, 0.15) is 5.76 Å². The second-order valence-electron chi connectivity index (χ2n) is 4.58. The Morgan fingerprint density at radius 1 is 1.36 bits per heavy atom. The molecule has 0 unspecified atom stereocenters.